The first-order chi connectivity index (χ1) is 10.7. The highest BCUT2D eigenvalue weighted by atomic mass is 32.1. The molecule has 0 bridgehead atoms. The lowest BCUT2D eigenvalue weighted by Crippen LogP contribution is -2.46. The highest BCUT2D eigenvalue weighted by molar-refractivity contribution is 7.80. The Morgan fingerprint density at radius 3 is 2.27 bits per heavy atom. The smallest absolute Gasteiger partial charge is 0.171 e. The molecule has 2 nitrogen and oxygen atoms in total. The second-order valence-corrected chi connectivity index (χ2v) is 6.46. The molecule has 114 valence electrons. The summed E-state index contributed by atoms with van der Waals surface area (Å²) in [7, 11) is 0. The average molecular weight is 310 g/mol. The topological polar surface area (TPSA) is 24.1 Å². The zero-order chi connectivity index (χ0) is 15.4. The van der Waals surface area contributed by atoms with Gasteiger partial charge in [0.2, 0.25) is 0 Å². The Kier molecular flexibility index (Phi) is 4.44. The molecule has 1 fully saturated rings. The molecule has 0 radical (unpaired) electrons. The third kappa shape index (κ3) is 3.14. The van der Waals surface area contributed by atoms with Crippen molar-refractivity contribution >= 4 is 23.0 Å². The predicted octanol–water partition coefficient (Wildman–Crippen LogP) is 4.75. The normalized spacial score (nSPS) is 16.2. The van der Waals surface area contributed by atoms with Crippen molar-refractivity contribution in [3.8, 4) is 0 Å². The summed E-state index contributed by atoms with van der Waals surface area (Å²) < 4.78 is 0. The molecule has 22 heavy (non-hydrogen) atoms. The van der Waals surface area contributed by atoms with E-state index < -0.39 is 0 Å². The molecule has 1 aliphatic carbocycles. The zero-order valence-electron chi connectivity index (χ0n) is 12.9. The molecule has 0 unspecified atom stereocenters. The quantitative estimate of drug-likeness (QED) is 0.800. The SMILES string of the molecule is Cc1ccccc1C1(NC(=S)Nc2ccccc2)CCCC1. The molecule has 1 aliphatic rings. The van der Waals surface area contributed by atoms with Crippen molar-refractivity contribution in [2.75, 3.05) is 5.32 Å². The fourth-order valence-electron chi connectivity index (χ4n) is 3.45. The van der Waals surface area contributed by atoms with Crippen molar-refractivity contribution < 1.29 is 0 Å². The number of aryl methyl sites for hydroxylation is 1. The summed E-state index contributed by atoms with van der Waals surface area (Å²) in [4.78, 5) is 0. The van der Waals surface area contributed by atoms with E-state index in [0.29, 0.717) is 5.11 Å². The van der Waals surface area contributed by atoms with Gasteiger partial charge in [-0.15, -0.1) is 0 Å². The number of rotatable bonds is 3. The van der Waals surface area contributed by atoms with Gasteiger partial charge in [0.15, 0.2) is 5.11 Å². The van der Waals surface area contributed by atoms with E-state index in [0.717, 1.165) is 18.5 Å². The van der Waals surface area contributed by atoms with Crippen molar-refractivity contribution in [1.29, 1.82) is 0 Å². The van der Waals surface area contributed by atoms with Crippen LogP contribution in [-0.4, -0.2) is 5.11 Å². The van der Waals surface area contributed by atoms with E-state index in [1.807, 2.05) is 30.3 Å². The van der Waals surface area contributed by atoms with Gasteiger partial charge >= 0.3 is 0 Å². The van der Waals surface area contributed by atoms with Gasteiger partial charge in [0.05, 0.1) is 5.54 Å². The summed E-state index contributed by atoms with van der Waals surface area (Å²) >= 11 is 5.57. The van der Waals surface area contributed by atoms with Crippen molar-refractivity contribution in [3.63, 3.8) is 0 Å². The van der Waals surface area contributed by atoms with Crippen LogP contribution in [0.2, 0.25) is 0 Å². The van der Waals surface area contributed by atoms with Gasteiger partial charge in [-0.3, -0.25) is 0 Å². The molecule has 0 spiro atoms. The summed E-state index contributed by atoms with van der Waals surface area (Å²) in [6.07, 6.45) is 4.76. The van der Waals surface area contributed by atoms with Crippen LogP contribution in [0.15, 0.2) is 54.6 Å². The number of hydrogen-bond acceptors (Lipinski definition) is 1. The number of nitrogens with one attached hydrogen (secondary N) is 2. The molecular formula is C19H22N2S. The first kappa shape index (κ1) is 15.0. The Hall–Kier alpha value is -1.87. The minimum atomic E-state index is -0.0236. The van der Waals surface area contributed by atoms with E-state index in [-0.39, 0.29) is 5.54 Å². The van der Waals surface area contributed by atoms with Gasteiger partial charge in [0, 0.05) is 5.69 Å². The standard InChI is InChI=1S/C19H22N2S/c1-15-9-5-6-12-17(15)19(13-7-8-14-19)21-18(22)20-16-10-3-2-4-11-16/h2-6,9-12H,7-8,13-14H2,1H3,(H2,20,21,22). The Labute approximate surface area is 137 Å². The summed E-state index contributed by atoms with van der Waals surface area (Å²) in [5.74, 6) is 0. The van der Waals surface area contributed by atoms with Crippen LogP contribution in [0.4, 0.5) is 5.69 Å². The van der Waals surface area contributed by atoms with Crippen LogP contribution in [0.25, 0.3) is 0 Å². The lowest BCUT2D eigenvalue weighted by Gasteiger charge is -2.33. The van der Waals surface area contributed by atoms with E-state index in [1.54, 1.807) is 0 Å². The fourth-order valence-corrected chi connectivity index (χ4v) is 3.76. The molecule has 2 aromatic rings. The number of benzene rings is 2. The van der Waals surface area contributed by atoms with Crippen LogP contribution in [0.3, 0.4) is 0 Å². The number of thiocarbonyl (C=S) groups is 1. The maximum absolute atomic E-state index is 5.57. The molecule has 0 amide bonds. The Balaban J connectivity index is 1.80. The molecule has 2 N–H and O–H groups in total. The molecule has 0 saturated heterocycles. The van der Waals surface area contributed by atoms with Crippen molar-refractivity contribution in [1.82, 2.24) is 5.32 Å². The van der Waals surface area contributed by atoms with E-state index in [4.69, 9.17) is 12.2 Å². The summed E-state index contributed by atoms with van der Waals surface area (Å²) in [5, 5.41) is 7.63. The van der Waals surface area contributed by atoms with Gasteiger partial charge in [-0.05, 0) is 55.2 Å². The van der Waals surface area contributed by atoms with Gasteiger partial charge in [-0.25, -0.2) is 0 Å². The average Bonchev–Trinajstić information content (AvgIpc) is 2.98. The van der Waals surface area contributed by atoms with Crippen LogP contribution in [0.1, 0.15) is 36.8 Å². The summed E-state index contributed by atoms with van der Waals surface area (Å²) in [6.45, 7) is 2.19. The molecule has 3 heteroatoms. The minimum absolute atomic E-state index is 0.0236. The van der Waals surface area contributed by atoms with Gasteiger partial charge in [0.1, 0.15) is 0 Å². The molecule has 0 aliphatic heterocycles. The maximum Gasteiger partial charge on any atom is 0.171 e. The molecule has 0 heterocycles. The van der Waals surface area contributed by atoms with Crippen LogP contribution in [-0.2, 0) is 5.54 Å². The first-order valence-electron chi connectivity index (χ1n) is 7.90. The summed E-state index contributed by atoms with van der Waals surface area (Å²) in [5.41, 5.74) is 3.71. The predicted molar refractivity (Wildman–Crippen MR) is 97.1 cm³/mol. The van der Waals surface area contributed by atoms with Crippen LogP contribution >= 0.6 is 12.2 Å². The molecule has 3 rings (SSSR count). The van der Waals surface area contributed by atoms with Gasteiger partial charge in [-0.2, -0.15) is 0 Å². The third-order valence-electron chi connectivity index (χ3n) is 4.50. The third-order valence-corrected chi connectivity index (χ3v) is 4.71. The highest BCUT2D eigenvalue weighted by Crippen LogP contribution is 2.40. The van der Waals surface area contributed by atoms with E-state index in [2.05, 4.69) is 41.8 Å². The lowest BCUT2D eigenvalue weighted by molar-refractivity contribution is 0.406. The lowest BCUT2D eigenvalue weighted by atomic mass is 9.85. The summed E-state index contributed by atoms with van der Waals surface area (Å²) in [6, 6.07) is 18.7. The second kappa shape index (κ2) is 6.49. The maximum atomic E-state index is 5.57. The van der Waals surface area contributed by atoms with Crippen molar-refractivity contribution in [3.05, 3.63) is 65.7 Å². The first-order valence-corrected chi connectivity index (χ1v) is 8.31. The molecule has 2 aromatic carbocycles. The van der Waals surface area contributed by atoms with Crippen LogP contribution in [0.5, 0.6) is 0 Å². The van der Waals surface area contributed by atoms with E-state index in [9.17, 15) is 0 Å². The second-order valence-electron chi connectivity index (χ2n) is 6.05. The number of hydrogen-bond donors (Lipinski definition) is 2. The Morgan fingerprint density at radius 1 is 0.955 bits per heavy atom. The monoisotopic (exact) mass is 310 g/mol. The van der Waals surface area contributed by atoms with Gasteiger partial charge in [0.25, 0.3) is 0 Å². The fraction of sp³-hybridized carbons (Fsp3) is 0.316. The van der Waals surface area contributed by atoms with E-state index in [1.165, 1.54) is 24.0 Å². The highest BCUT2D eigenvalue weighted by Gasteiger charge is 2.37. The Bertz CT molecular complexity index is 645. The minimum Gasteiger partial charge on any atom is -0.353 e. The van der Waals surface area contributed by atoms with Gasteiger partial charge < -0.3 is 10.6 Å². The number of anilines is 1. The molecular weight excluding hydrogens is 288 g/mol. The number of para-hydroxylation sites is 1. The van der Waals surface area contributed by atoms with Crippen LogP contribution < -0.4 is 10.6 Å². The zero-order valence-corrected chi connectivity index (χ0v) is 13.7. The molecule has 0 atom stereocenters. The van der Waals surface area contributed by atoms with Gasteiger partial charge in [-0.1, -0.05) is 55.3 Å². The van der Waals surface area contributed by atoms with Crippen molar-refractivity contribution in [2.24, 2.45) is 0 Å². The largest absolute Gasteiger partial charge is 0.353 e. The Morgan fingerprint density at radius 2 is 1.59 bits per heavy atom. The van der Waals surface area contributed by atoms with E-state index >= 15 is 0 Å². The molecule has 1 saturated carbocycles. The van der Waals surface area contributed by atoms with Crippen LogP contribution in [0, 0.1) is 6.92 Å². The molecule has 0 aromatic heterocycles. The van der Waals surface area contributed by atoms with Crippen molar-refractivity contribution in [2.45, 2.75) is 38.1 Å².